The van der Waals surface area contributed by atoms with Gasteiger partial charge in [-0.3, -0.25) is 0 Å². The molecule has 0 unspecified atom stereocenters. The molecule has 0 saturated carbocycles. The third-order valence-corrected chi connectivity index (χ3v) is 4.53. The molecule has 4 aromatic rings. The first kappa shape index (κ1) is 18.8. The molecule has 0 aliphatic rings. The van der Waals surface area contributed by atoms with Gasteiger partial charge in [0.25, 0.3) is 5.89 Å². The highest BCUT2D eigenvalue weighted by Crippen LogP contribution is 2.25. The van der Waals surface area contributed by atoms with Gasteiger partial charge in [-0.2, -0.15) is 10.1 Å². The number of carbonyl (C=O) groups excluding carboxylic acids is 1. The van der Waals surface area contributed by atoms with Gasteiger partial charge in [-0.1, -0.05) is 49.3 Å². The summed E-state index contributed by atoms with van der Waals surface area (Å²) in [6.07, 6.45) is 1.64. The van der Waals surface area contributed by atoms with Gasteiger partial charge in [0.2, 0.25) is 0 Å². The summed E-state index contributed by atoms with van der Waals surface area (Å²) in [5, 5.41) is 8.87. The number of rotatable bonds is 6. The van der Waals surface area contributed by atoms with Gasteiger partial charge < -0.3 is 9.26 Å². The predicted molar refractivity (Wildman–Crippen MR) is 106 cm³/mol. The minimum atomic E-state index is -0.491. The van der Waals surface area contributed by atoms with Crippen molar-refractivity contribution in [3.05, 3.63) is 59.9 Å². The minimum Gasteiger partial charge on any atom is -0.452 e. The van der Waals surface area contributed by atoms with E-state index in [2.05, 4.69) is 15.2 Å². The van der Waals surface area contributed by atoms with Gasteiger partial charge in [0.05, 0.1) is 22.8 Å². The third-order valence-electron chi connectivity index (χ3n) is 4.53. The highest BCUT2D eigenvalue weighted by atomic mass is 16.6. The van der Waals surface area contributed by atoms with E-state index in [1.165, 1.54) is 0 Å². The lowest BCUT2D eigenvalue weighted by atomic mass is 10.1. The van der Waals surface area contributed by atoms with Crippen LogP contribution in [0, 0.1) is 0 Å². The Morgan fingerprint density at radius 1 is 1.21 bits per heavy atom. The Hall–Kier alpha value is -3.55. The molecule has 29 heavy (non-hydrogen) atoms. The molecular formula is C21H21N5O3. The number of aryl methyl sites for hydroxylation is 1. The Morgan fingerprint density at radius 3 is 2.69 bits per heavy atom. The first-order chi connectivity index (χ1) is 14.1. The molecule has 0 bridgehead atoms. The van der Waals surface area contributed by atoms with Gasteiger partial charge in [0, 0.05) is 18.0 Å². The van der Waals surface area contributed by atoms with Crippen LogP contribution in [0.25, 0.3) is 22.3 Å². The molecule has 1 aromatic carbocycles. The van der Waals surface area contributed by atoms with E-state index in [1.807, 2.05) is 51.1 Å². The summed E-state index contributed by atoms with van der Waals surface area (Å²) in [5.74, 6) is 0.490. The highest BCUT2D eigenvalue weighted by molar-refractivity contribution is 6.03. The topological polar surface area (TPSA) is 95.9 Å². The predicted octanol–water partition coefficient (Wildman–Crippen LogP) is 3.98. The lowest BCUT2D eigenvalue weighted by Gasteiger charge is -2.08. The molecular weight excluding hydrogens is 370 g/mol. The molecule has 0 aliphatic carbocycles. The number of fused-ring (bicyclic) bond motifs is 1. The maximum Gasteiger partial charge on any atom is 0.339 e. The molecule has 0 saturated heterocycles. The molecule has 0 spiro atoms. The lowest BCUT2D eigenvalue weighted by molar-refractivity contribution is 0.0432. The molecule has 0 amide bonds. The van der Waals surface area contributed by atoms with E-state index in [-0.39, 0.29) is 18.4 Å². The van der Waals surface area contributed by atoms with E-state index in [4.69, 9.17) is 14.2 Å². The van der Waals surface area contributed by atoms with E-state index in [1.54, 1.807) is 16.9 Å². The van der Waals surface area contributed by atoms with E-state index in [9.17, 15) is 4.79 Å². The average Bonchev–Trinajstić information content (AvgIpc) is 3.39. The average molecular weight is 391 g/mol. The van der Waals surface area contributed by atoms with E-state index >= 15 is 0 Å². The van der Waals surface area contributed by atoms with Crippen LogP contribution in [0.2, 0.25) is 0 Å². The van der Waals surface area contributed by atoms with Crippen LogP contribution in [0.15, 0.2) is 47.1 Å². The monoisotopic (exact) mass is 391 g/mol. The Kier molecular flexibility index (Phi) is 5.07. The Labute approximate surface area is 167 Å². The SMILES string of the molecule is CCn1ncc2c(C(=O)OCc3nc(C(C)C)no3)cc(-c3ccccc3)nc21. The standard InChI is InChI=1S/C21H21N5O3/c1-4-26-20-16(11-22-26)15(10-17(23-20)14-8-6-5-7-9-14)21(27)28-12-18-24-19(13(2)3)25-29-18/h5-11,13H,4,12H2,1-3H3. The molecule has 148 valence electrons. The van der Waals surface area contributed by atoms with Crippen molar-refractivity contribution in [1.82, 2.24) is 24.9 Å². The van der Waals surface area contributed by atoms with Crippen molar-refractivity contribution in [3.63, 3.8) is 0 Å². The molecule has 0 atom stereocenters. The van der Waals surface area contributed by atoms with Crippen molar-refractivity contribution in [2.75, 3.05) is 0 Å². The van der Waals surface area contributed by atoms with Crippen LogP contribution in [0.4, 0.5) is 0 Å². The summed E-state index contributed by atoms with van der Waals surface area (Å²) in [4.78, 5) is 21.8. The zero-order valence-corrected chi connectivity index (χ0v) is 16.5. The van der Waals surface area contributed by atoms with Crippen LogP contribution in [-0.2, 0) is 17.9 Å². The van der Waals surface area contributed by atoms with Crippen molar-refractivity contribution in [1.29, 1.82) is 0 Å². The normalized spacial score (nSPS) is 11.3. The van der Waals surface area contributed by atoms with Crippen LogP contribution in [0.5, 0.6) is 0 Å². The van der Waals surface area contributed by atoms with Crippen molar-refractivity contribution >= 4 is 17.0 Å². The Bertz CT molecular complexity index is 1150. The lowest BCUT2D eigenvalue weighted by Crippen LogP contribution is -2.08. The number of ether oxygens (including phenoxy) is 1. The zero-order valence-electron chi connectivity index (χ0n) is 16.5. The van der Waals surface area contributed by atoms with E-state index in [0.29, 0.717) is 34.7 Å². The molecule has 0 aliphatic heterocycles. The molecule has 0 fully saturated rings. The minimum absolute atomic E-state index is 0.0923. The highest BCUT2D eigenvalue weighted by Gasteiger charge is 2.19. The Balaban J connectivity index is 1.67. The largest absolute Gasteiger partial charge is 0.452 e. The van der Waals surface area contributed by atoms with Gasteiger partial charge in [0.1, 0.15) is 0 Å². The quantitative estimate of drug-likeness (QED) is 0.459. The number of benzene rings is 1. The molecule has 8 heteroatoms. The maximum absolute atomic E-state index is 12.9. The van der Waals surface area contributed by atoms with Crippen molar-refractivity contribution in [2.24, 2.45) is 0 Å². The van der Waals surface area contributed by atoms with Crippen LogP contribution in [-0.4, -0.2) is 30.9 Å². The molecule has 3 heterocycles. The summed E-state index contributed by atoms with van der Waals surface area (Å²) in [6.45, 7) is 6.45. The van der Waals surface area contributed by atoms with Crippen molar-refractivity contribution < 1.29 is 14.1 Å². The van der Waals surface area contributed by atoms with Crippen LogP contribution in [0.3, 0.4) is 0 Å². The fourth-order valence-electron chi connectivity index (χ4n) is 2.97. The molecule has 0 radical (unpaired) electrons. The van der Waals surface area contributed by atoms with E-state index in [0.717, 1.165) is 5.56 Å². The second-order valence-electron chi connectivity index (χ2n) is 6.90. The van der Waals surface area contributed by atoms with E-state index < -0.39 is 5.97 Å². The summed E-state index contributed by atoms with van der Waals surface area (Å²) < 4.78 is 12.4. The molecule has 3 aromatic heterocycles. The van der Waals surface area contributed by atoms with Crippen LogP contribution < -0.4 is 0 Å². The number of hydrogen-bond donors (Lipinski definition) is 0. The summed E-state index contributed by atoms with van der Waals surface area (Å²) in [5.41, 5.74) is 2.63. The Morgan fingerprint density at radius 2 is 2.00 bits per heavy atom. The number of nitrogens with zero attached hydrogens (tertiary/aromatic N) is 5. The van der Waals surface area contributed by atoms with Crippen LogP contribution in [0.1, 0.15) is 48.8 Å². The summed E-state index contributed by atoms with van der Waals surface area (Å²) in [6, 6.07) is 11.4. The first-order valence-corrected chi connectivity index (χ1v) is 9.48. The molecule has 8 nitrogen and oxygen atoms in total. The fraction of sp³-hybridized carbons (Fsp3) is 0.286. The number of esters is 1. The maximum atomic E-state index is 12.9. The van der Waals surface area contributed by atoms with Crippen LogP contribution >= 0.6 is 0 Å². The van der Waals surface area contributed by atoms with Gasteiger partial charge in [-0.05, 0) is 13.0 Å². The third kappa shape index (κ3) is 3.73. The molecule has 0 N–H and O–H groups in total. The summed E-state index contributed by atoms with van der Waals surface area (Å²) >= 11 is 0. The summed E-state index contributed by atoms with van der Waals surface area (Å²) in [7, 11) is 0. The number of pyridine rings is 1. The number of carbonyl (C=O) groups is 1. The fourth-order valence-corrected chi connectivity index (χ4v) is 2.97. The zero-order chi connectivity index (χ0) is 20.4. The number of aromatic nitrogens is 5. The second-order valence-corrected chi connectivity index (χ2v) is 6.90. The van der Waals surface area contributed by atoms with Gasteiger partial charge in [-0.15, -0.1) is 0 Å². The second kappa shape index (κ2) is 7.83. The molecule has 4 rings (SSSR count). The van der Waals surface area contributed by atoms with Gasteiger partial charge >= 0.3 is 5.97 Å². The number of hydrogen-bond acceptors (Lipinski definition) is 7. The smallest absolute Gasteiger partial charge is 0.339 e. The van der Waals surface area contributed by atoms with Crippen molar-refractivity contribution in [2.45, 2.75) is 39.8 Å². The van der Waals surface area contributed by atoms with Crippen molar-refractivity contribution in [3.8, 4) is 11.3 Å². The van der Waals surface area contributed by atoms with Gasteiger partial charge in [-0.25, -0.2) is 14.5 Å². The first-order valence-electron chi connectivity index (χ1n) is 9.48. The van der Waals surface area contributed by atoms with Gasteiger partial charge in [0.15, 0.2) is 18.1 Å².